The second-order valence-corrected chi connectivity index (χ2v) is 7.90. The normalized spacial score (nSPS) is 21.6. The van der Waals surface area contributed by atoms with Crippen LogP contribution in [0.15, 0.2) is 4.99 Å². The van der Waals surface area contributed by atoms with Gasteiger partial charge in [0.15, 0.2) is 5.96 Å². The molecule has 25 heavy (non-hydrogen) atoms. The topological polar surface area (TPSA) is 52.1 Å². The van der Waals surface area contributed by atoms with Crippen LogP contribution in [0, 0.1) is 11.8 Å². The van der Waals surface area contributed by atoms with Crippen LogP contribution in [-0.2, 0) is 4.74 Å². The van der Waals surface area contributed by atoms with E-state index in [-0.39, 0.29) is 0 Å². The molecule has 2 aliphatic rings. The van der Waals surface area contributed by atoms with Gasteiger partial charge in [-0.15, -0.1) is 0 Å². The van der Waals surface area contributed by atoms with E-state index in [2.05, 4.69) is 46.3 Å². The molecule has 6 heteroatoms. The molecule has 1 saturated heterocycles. The van der Waals surface area contributed by atoms with E-state index in [0.29, 0.717) is 12.0 Å². The van der Waals surface area contributed by atoms with Crippen molar-refractivity contribution in [2.45, 2.75) is 39.2 Å². The number of rotatable bonds is 10. The summed E-state index contributed by atoms with van der Waals surface area (Å²) >= 11 is 0. The number of hydrogen-bond acceptors (Lipinski definition) is 4. The predicted octanol–water partition coefficient (Wildman–Crippen LogP) is 1.24. The van der Waals surface area contributed by atoms with Crippen molar-refractivity contribution in [1.29, 1.82) is 0 Å². The van der Waals surface area contributed by atoms with Gasteiger partial charge in [0.25, 0.3) is 0 Å². The summed E-state index contributed by atoms with van der Waals surface area (Å²) in [6.45, 7) is 12.9. The summed E-state index contributed by atoms with van der Waals surface area (Å²) in [7, 11) is 4.05. The van der Waals surface area contributed by atoms with Crippen LogP contribution < -0.4 is 10.6 Å². The molecule has 1 atom stereocenters. The second kappa shape index (κ2) is 11.0. The number of likely N-dealkylation sites (N-methyl/N-ethyl adjacent to an activating group) is 1. The van der Waals surface area contributed by atoms with E-state index in [1.54, 1.807) is 0 Å². The molecule has 1 heterocycles. The first-order valence-corrected chi connectivity index (χ1v) is 10.0. The number of aliphatic imine (C=N–C) groups is 1. The van der Waals surface area contributed by atoms with Crippen LogP contribution in [0.2, 0.25) is 0 Å². The van der Waals surface area contributed by atoms with E-state index in [1.807, 2.05) is 7.05 Å². The van der Waals surface area contributed by atoms with E-state index in [4.69, 9.17) is 4.74 Å². The predicted molar refractivity (Wildman–Crippen MR) is 105 cm³/mol. The Bertz CT molecular complexity index is 389. The van der Waals surface area contributed by atoms with E-state index < -0.39 is 0 Å². The molecular formula is C19H39N5O. The molecule has 146 valence electrons. The van der Waals surface area contributed by atoms with Crippen LogP contribution in [0.1, 0.15) is 33.1 Å². The van der Waals surface area contributed by atoms with Gasteiger partial charge < -0.3 is 20.3 Å². The lowest BCUT2D eigenvalue weighted by Crippen LogP contribution is -2.55. The Balaban J connectivity index is 1.62. The van der Waals surface area contributed by atoms with E-state index in [0.717, 1.165) is 70.8 Å². The van der Waals surface area contributed by atoms with Crippen LogP contribution >= 0.6 is 0 Å². The summed E-state index contributed by atoms with van der Waals surface area (Å²) < 4.78 is 5.68. The number of piperazine rings is 1. The minimum absolute atomic E-state index is 0.550. The van der Waals surface area contributed by atoms with Gasteiger partial charge in [0.2, 0.25) is 0 Å². The molecule has 1 aliphatic heterocycles. The van der Waals surface area contributed by atoms with Gasteiger partial charge in [0.1, 0.15) is 0 Å². The molecule has 6 nitrogen and oxygen atoms in total. The lowest BCUT2D eigenvalue weighted by atomic mass is 10.0. The Morgan fingerprint density at radius 2 is 1.88 bits per heavy atom. The standard InChI is InChI=1S/C19H39N5O/c1-16(2)18(24-11-9-23(4)10-12-24)14-22-19(20-3)21-8-5-13-25-15-17-6-7-17/h16-18H,5-15H2,1-4H3,(H2,20,21,22). The van der Waals surface area contributed by atoms with E-state index in [1.165, 1.54) is 12.8 Å². The summed E-state index contributed by atoms with van der Waals surface area (Å²) in [5.41, 5.74) is 0. The van der Waals surface area contributed by atoms with Crippen molar-refractivity contribution in [3.05, 3.63) is 0 Å². The number of hydrogen-bond donors (Lipinski definition) is 2. The van der Waals surface area contributed by atoms with Gasteiger partial charge in [-0.2, -0.15) is 0 Å². The minimum Gasteiger partial charge on any atom is -0.381 e. The van der Waals surface area contributed by atoms with Crippen LogP contribution in [0.3, 0.4) is 0 Å². The zero-order valence-corrected chi connectivity index (χ0v) is 16.8. The van der Waals surface area contributed by atoms with E-state index >= 15 is 0 Å². The Kier molecular flexibility index (Phi) is 8.99. The van der Waals surface area contributed by atoms with Crippen LogP contribution in [0.25, 0.3) is 0 Å². The third kappa shape index (κ3) is 7.92. The van der Waals surface area contributed by atoms with Crippen molar-refractivity contribution in [3.63, 3.8) is 0 Å². The quantitative estimate of drug-likeness (QED) is 0.352. The minimum atomic E-state index is 0.550. The van der Waals surface area contributed by atoms with Crippen molar-refractivity contribution in [3.8, 4) is 0 Å². The summed E-state index contributed by atoms with van der Waals surface area (Å²) in [6.07, 6.45) is 3.75. The Hall–Kier alpha value is -0.850. The van der Waals surface area contributed by atoms with Crippen molar-refractivity contribution in [1.82, 2.24) is 20.4 Å². The smallest absolute Gasteiger partial charge is 0.191 e. The molecular weight excluding hydrogens is 314 g/mol. The number of nitrogens with zero attached hydrogens (tertiary/aromatic N) is 3. The maximum absolute atomic E-state index is 5.68. The monoisotopic (exact) mass is 353 g/mol. The molecule has 0 amide bonds. The van der Waals surface area contributed by atoms with Crippen molar-refractivity contribution in [2.75, 3.05) is 66.6 Å². The van der Waals surface area contributed by atoms with Gasteiger partial charge in [-0.25, -0.2) is 0 Å². The van der Waals surface area contributed by atoms with E-state index in [9.17, 15) is 0 Å². The molecule has 0 aromatic carbocycles. The summed E-state index contributed by atoms with van der Waals surface area (Å²) in [5, 5.41) is 6.93. The first-order valence-electron chi connectivity index (χ1n) is 10.0. The Morgan fingerprint density at radius 1 is 1.16 bits per heavy atom. The maximum Gasteiger partial charge on any atom is 0.191 e. The first kappa shape index (κ1) is 20.5. The van der Waals surface area contributed by atoms with Gasteiger partial charge in [-0.05, 0) is 38.1 Å². The molecule has 0 aromatic rings. The van der Waals surface area contributed by atoms with Gasteiger partial charge in [-0.3, -0.25) is 9.89 Å². The number of nitrogens with one attached hydrogen (secondary N) is 2. The summed E-state index contributed by atoms with van der Waals surface area (Å²) in [5.74, 6) is 2.39. The Labute approximate surface area is 154 Å². The molecule has 2 N–H and O–H groups in total. The fourth-order valence-corrected chi connectivity index (χ4v) is 3.28. The lowest BCUT2D eigenvalue weighted by molar-refractivity contribution is 0.0899. The maximum atomic E-state index is 5.68. The number of guanidine groups is 1. The zero-order chi connectivity index (χ0) is 18.1. The Morgan fingerprint density at radius 3 is 2.48 bits per heavy atom. The zero-order valence-electron chi connectivity index (χ0n) is 16.8. The average molecular weight is 354 g/mol. The fourth-order valence-electron chi connectivity index (χ4n) is 3.28. The van der Waals surface area contributed by atoms with Gasteiger partial charge >= 0.3 is 0 Å². The molecule has 1 unspecified atom stereocenters. The van der Waals surface area contributed by atoms with Gasteiger partial charge in [0.05, 0.1) is 0 Å². The highest BCUT2D eigenvalue weighted by Gasteiger charge is 2.25. The summed E-state index contributed by atoms with van der Waals surface area (Å²) in [4.78, 5) is 9.39. The van der Waals surface area contributed by atoms with Gasteiger partial charge in [-0.1, -0.05) is 13.8 Å². The van der Waals surface area contributed by atoms with Crippen molar-refractivity contribution >= 4 is 5.96 Å². The molecule has 0 radical (unpaired) electrons. The van der Waals surface area contributed by atoms with Crippen molar-refractivity contribution in [2.24, 2.45) is 16.8 Å². The third-order valence-electron chi connectivity index (χ3n) is 5.29. The van der Waals surface area contributed by atoms with Gasteiger partial charge in [0, 0.05) is 65.6 Å². The lowest BCUT2D eigenvalue weighted by Gasteiger charge is -2.40. The number of ether oxygens (including phenoxy) is 1. The average Bonchev–Trinajstić information content (AvgIpc) is 3.41. The molecule has 0 spiro atoms. The SMILES string of the molecule is CN=C(NCCCOCC1CC1)NCC(C(C)C)N1CCN(C)CC1. The molecule has 1 aliphatic carbocycles. The van der Waals surface area contributed by atoms with Crippen LogP contribution in [0.5, 0.6) is 0 Å². The largest absolute Gasteiger partial charge is 0.381 e. The molecule has 0 aromatic heterocycles. The first-order chi connectivity index (χ1) is 12.1. The second-order valence-electron chi connectivity index (χ2n) is 7.90. The summed E-state index contributed by atoms with van der Waals surface area (Å²) in [6, 6.07) is 0.550. The fraction of sp³-hybridized carbons (Fsp3) is 0.947. The molecule has 1 saturated carbocycles. The highest BCUT2D eigenvalue weighted by molar-refractivity contribution is 5.79. The molecule has 2 rings (SSSR count). The van der Waals surface area contributed by atoms with Crippen LogP contribution in [-0.4, -0.2) is 88.4 Å². The highest BCUT2D eigenvalue weighted by atomic mass is 16.5. The highest BCUT2D eigenvalue weighted by Crippen LogP contribution is 2.28. The van der Waals surface area contributed by atoms with Crippen molar-refractivity contribution < 1.29 is 4.74 Å². The molecule has 0 bridgehead atoms. The van der Waals surface area contributed by atoms with Crippen LogP contribution in [0.4, 0.5) is 0 Å². The third-order valence-corrected chi connectivity index (χ3v) is 5.29. The molecule has 2 fully saturated rings.